The van der Waals surface area contributed by atoms with Crippen LogP contribution in [0.25, 0.3) is 0 Å². The van der Waals surface area contributed by atoms with Gasteiger partial charge in [0.05, 0.1) is 25.7 Å². The Morgan fingerprint density at radius 1 is 1.17 bits per heavy atom. The second-order valence-corrected chi connectivity index (χ2v) is 6.60. The van der Waals surface area contributed by atoms with Gasteiger partial charge in [0.25, 0.3) is 0 Å². The maximum Gasteiger partial charge on any atom is 0.227 e. The zero-order valence-electron chi connectivity index (χ0n) is 14.6. The van der Waals surface area contributed by atoms with Gasteiger partial charge in [-0.2, -0.15) is 0 Å². The number of methoxy groups -OCH3 is 1. The van der Waals surface area contributed by atoms with Gasteiger partial charge in [0.15, 0.2) is 11.5 Å². The van der Waals surface area contributed by atoms with Crippen molar-refractivity contribution in [2.75, 3.05) is 33.4 Å². The third kappa shape index (κ3) is 4.86. The van der Waals surface area contributed by atoms with E-state index in [-0.39, 0.29) is 12.0 Å². The van der Waals surface area contributed by atoms with Gasteiger partial charge >= 0.3 is 0 Å². The molecule has 0 saturated carbocycles. The van der Waals surface area contributed by atoms with Crippen LogP contribution in [0.1, 0.15) is 32.3 Å². The molecule has 1 fully saturated rings. The summed E-state index contributed by atoms with van der Waals surface area (Å²) in [7, 11) is 1.73. The Hall–Kier alpha value is -1.27. The summed E-state index contributed by atoms with van der Waals surface area (Å²) in [5.41, 5.74) is 0.917. The largest absolute Gasteiger partial charge is 0.490 e. The summed E-state index contributed by atoms with van der Waals surface area (Å²) in [6, 6.07) is 3.78. The highest BCUT2D eigenvalue weighted by Gasteiger charge is 2.23. The molecule has 134 valence electrons. The fraction of sp³-hybridized carbons (Fsp3) is 0.611. The number of nitrogens with zero attached hydrogens (tertiary/aromatic N) is 1. The lowest BCUT2D eigenvalue weighted by atomic mass is 10.1. The van der Waals surface area contributed by atoms with Crippen LogP contribution in [0.2, 0.25) is 0 Å². The number of amides is 1. The molecule has 1 heterocycles. The van der Waals surface area contributed by atoms with Gasteiger partial charge in [-0.05, 0) is 44.4 Å². The third-order valence-electron chi connectivity index (χ3n) is 4.18. The van der Waals surface area contributed by atoms with Crippen LogP contribution in [0.15, 0.2) is 16.6 Å². The molecule has 2 rings (SSSR count). The van der Waals surface area contributed by atoms with Crippen LogP contribution < -0.4 is 9.47 Å². The Labute approximate surface area is 152 Å². The second kappa shape index (κ2) is 9.28. The maximum absolute atomic E-state index is 12.6. The van der Waals surface area contributed by atoms with Crippen molar-refractivity contribution in [2.45, 2.75) is 39.2 Å². The summed E-state index contributed by atoms with van der Waals surface area (Å²) >= 11 is 3.55. The highest BCUT2D eigenvalue weighted by atomic mass is 79.9. The van der Waals surface area contributed by atoms with Crippen molar-refractivity contribution >= 4 is 21.8 Å². The van der Waals surface area contributed by atoms with Crippen LogP contribution in [-0.4, -0.2) is 50.3 Å². The number of carbonyl (C=O) groups is 1. The zero-order chi connectivity index (χ0) is 17.5. The summed E-state index contributed by atoms with van der Waals surface area (Å²) in [5, 5.41) is 0. The van der Waals surface area contributed by atoms with Gasteiger partial charge < -0.3 is 19.1 Å². The molecule has 24 heavy (non-hydrogen) atoms. The molecule has 0 aromatic heterocycles. The predicted molar refractivity (Wildman–Crippen MR) is 96.8 cm³/mol. The van der Waals surface area contributed by atoms with Crippen molar-refractivity contribution in [2.24, 2.45) is 0 Å². The molecule has 1 aliphatic rings. The van der Waals surface area contributed by atoms with Crippen LogP contribution in [-0.2, 0) is 16.0 Å². The van der Waals surface area contributed by atoms with Crippen LogP contribution >= 0.6 is 15.9 Å². The molecule has 1 saturated heterocycles. The van der Waals surface area contributed by atoms with Gasteiger partial charge in [0, 0.05) is 24.7 Å². The molecule has 0 atom stereocenters. The van der Waals surface area contributed by atoms with E-state index in [0.717, 1.165) is 36.0 Å². The number of hydrogen-bond donors (Lipinski definition) is 0. The minimum atomic E-state index is 0.136. The highest BCUT2D eigenvalue weighted by molar-refractivity contribution is 9.10. The molecular formula is C18H26BrNO4. The summed E-state index contributed by atoms with van der Waals surface area (Å²) in [6.07, 6.45) is 2.43. The quantitative estimate of drug-likeness (QED) is 0.704. The standard InChI is InChI=1S/C18H26BrNO4/c1-4-23-16-10-13(15(19)12-17(16)24-5-2)11-18(21)20-8-6-14(22-3)7-9-20/h10,12,14H,4-9,11H2,1-3H3. The van der Waals surface area contributed by atoms with E-state index in [9.17, 15) is 4.79 Å². The van der Waals surface area contributed by atoms with E-state index in [1.54, 1.807) is 7.11 Å². The molecule has 0 unspecified atom stereocenters. The first-order valence-corrected chi connectivity index (χ1v) is 9.26. The molecule has 1 aromatic rings. The van der Waals surface area contributed by atoms with Gasteiger partial charge in [-0.15, -0.1) is 0 Å². The van der Waals surface area contributed by atoms with Crippen LogP contribution in [0.5, 0.6) is 11.5 Å². The van der Waals surface area contributed by atoms with Crippen LogP contribution in [0, 0.1) is 0 Å². The minimum absolute atomic E-state index is 0.136. The fourth-order valence-electron chi connectivity index (χ4n) is 2.86. The van der Waals surface area contributed by atoms with E-state index >= 15 is 0 Å². The third-order valence-corrected chi connectivity index (χ3v) is 4.92. The second-order valence-electron chi connectivity index (χ2n) is 5.75. The van der Waals surface area contributed by atoms with Crippen molar-refractivity contribution in [3.8, 4) is 11.5 Å². The molecule has 1 aliphatic heterocycles. The molecule has 1 amide bonds. The van der Waals surface area contributed by atoms with Gasteiger partial charge in [0.1, 0.15) is 0 Å². The Bertz CT molecular complexity index is 556. The minimum Gasteiger partial charge on any atom is -0.490 e. The van der Waals surface area contributed by atoms with E-state index in [4.69, 9.17) is 14.2 Å². The number of ether oxygens (including phenoxy) is 3. The summed E-state index contributed by atoms with van der Waals surface area (Å²) < 4.78 is 17.5. The molecule has 0 radical (unpaired) electrons. The van der Waals surface area contributed by atoms with Crippen molar-refractivity contribution in [1.29, 1.82) is 0 Å². The molecule has 0 spiro atoms. The number of carbonyl (C=O) groups excluding carboxylic acids is 1. The summed E-state index contributed by atoms with van der Waals surface area (Å²) in [5.74, 6) is 1.52. The number of rotatable bonds is 7. The van der Waals surface area contributed by atoms with E-state index in [0.29, 0.717) is 31.1 Å². The Morgan fingerprint density at radius 2 is 1.75 bits per heavy atom. The van der Waals surface area contributed by atoms with E-state index < -0.39 is 0 Å². The van der Waals surface area contributed by atoms with Crippen molar-refractivity contribution in [3.05, 3.63) is 22.2 Å². The lowest BCUT2D eigenvalue weighted by Gasteiger charge is -2.31. The van der Waals surface area contributed by atoms with Gasteiger partial charge in [-0.25, -0.2) is 0 Å². The Morgan fingerprint density at radius 3 is 2.29 bits per heavy atom. The number of likely N-dealkylation sites (tertiary alicyclic amines) is 1. The molecular weight excluding hydrogens is 374 g/mol. The average Bonchev–Trinajstić information content (AvgIpc) is 2.59. The van der Waals surface area contributed by atoms with Gasteiger partial charge in [-0.1, -0.05) is 15.9 Å². The average molecular weight is 400 g/mol. The molecule has 5 nitrogen and oxygen atoms in total. The number of benzene rings is 1. The van der Waals surface area contributed by atoms with Crippen LogP contribution in [0.3, 0.4) is 0 Å². The highest BCUT2D eigenvalue weighted by Crippen LogP contribution is 2.34. The number of hydrogen-bond acceptors (Lipinski definition) is 4. The smallest absolute Gasteiger partial charge is 0.227 e. The zero-order valence-corrected chi connectivity index (χ0v) is 16.2. The number of halogens is 1. The lowest BCUT2D eigenvalue weighted by molar-refractivity contribution is -0.132. The molecule has 0 bridgehead atoms. The Balaban J connectivity index is 2.08. The summed E-state index contributed by atoms with van der Waals surface area (Å²) in [6.45, 7) is 6.50. The Kier molecular flexibility index (Phi) is 7.37. The van der Waals surface area contributed by atoms with E-state index in [2.05, 4.69) is 15.9 Å². The van der Waals surface area contributed by atoms with Crippen molar-refractivity contribution in [3.63, 3.8) is 0 Å². The van der Waals surface area contributed by atoms with Crippen LogP contribution in [0.4, 0.5) is 0 Å². The molecule has 6 heteroatoms. The fourth-order valence-corrected chi connectivity index (χ4v) is 3.33. The first-order valence-electron chi connectivity index (χ1n) is 8.47. The first-order chi connectivity index (χ1) is 11.6. The van der Waals surface area contributed by atoms with Gasteiger partial charge in [0.2, 0.25) is 5.91 Å². The first kappa shape index (κ1) is 19.1. The normalized spacial score (nSPS) is 15.4. The molecule has 0 N–H and O–H groups in total. The topological polar surface area (TPSA) is 48.0 Å². The number of piperidine rings is 1. The lowest BCUT2D eigenvalue weighted by Crippen LogP contribution is -2.41. The maximum atomic E-state index is 12.6. The molecule has 0 aliphatic carbocycles. The molecule has 1 aromatic carbocycles. The van der Waals surface area contributed by atoms with E-state index in [1.165, 1.54) is 0 Å². The van der Waals surface area contributed by atoms with E-state index in [1.807, 2.05) is 30.9 Å². The predicted octanol–water partition coefficient (Wildman–Crippen LogP) is 3.43. The van der Waals surface area contributed by atoms with Crippen molar-refractivity contribution in [1.82, 2.24) is 4.90 Å². The summed E-state index contributed by atoms with van der Waals surface area (Å²) in [4.78, 5) is 14.5. The van der Waals surface area contributed by atoms with Gasteiger partial charge in [-0.3, -0.25) is 4.79 Å². The monoisotopic (exact) mass is 399 g/mol. The van der Waals surface area contributed by atoms with Crippen molar-refractivity contribution < 1.29 is 19.0 Å². The SMILES string of the molecule is CCOc1cc(Br)c(CC(=O)N2CCC(OC)CC2)cc1OCC.